The summed E-state index contributed by atoms with van der Waals surface area (Å²) in [6.07, 6.45) is 1.42. The number of halogens is 1. The molecule has 0 aliphatic carbocycles. The molecule has 7 nitrogen and oxygen atoms in total. The second-order valence-corrected chi connectivity index (χ2v) is 5.92. The van der Waals surface area contributed by atoms with Crippen LogP contribution in [0, 0.1) is 0 Å². The van der Waals surface area contributed by atoms with Crippen LogP contribution in [0.1, 0.15) is 17.4 Å². The van der Waals surface area contributed by atoms with Crippen LogP contribution in [0.4, 0.5) is 0 Å². The minimum Gasteiger partial charge on any atom is -0.505 e. The topological polar surface area (TPSA) is 86.5 Å². The van der Waals surface area contributed by atoms with E-state index in [0.717, 1.165) is 5.75 Å². The first-order chi connectivity index (χ1) is 13.7. The number of fused-ring (bicyclic) bond motifs is 1. The number of aromatic hydroxyl groups is 1. The van der Waals surface area contributed by atoms with E-state index in [0.29, 0.717) is 11.4 Å². The summed E-state index contributed by atoms with van der Waals surface area (Å²) < 4.78 is 12.4. The highest BCUT2D eigenvalue weighted by molar-refractivity contribution is 6.02. The number of ether oxygens (including phenoxy) is 2. The summed E-state index contributed by atoms with van der Waals surface area (Å²) in [6, 6.07) is 17.9. The number of esters is 1. The van der Waals surface area contributed by atoms with E-state index in [1.54, 1.807) is 31.2 Å². The minimum atomic E-state index is -0.562. The average molecular weight is 412 g/mol. The molecule has 0 atom stereocenters. The molecule has 0 bridgehead atoms. The minimum absolute atomic E-state index is 0. The summed E-state index contributed by atoms with van der Waals surface area (Å²) in [7, 11) is 0. The molecule has 4 aromatic rings. The molecule has 29 heavy (non-hydrogen) atoms. The maximum absolute atomic E-state index is 12.5. The van der Waals surface area contributed by atoms with Crippen LogP contribution in [0.3, 0.4) is 0 Å². The zero-order valence-corrected chi connectivity index (χ0v) is 16.3. The van der Waals surface area contributed by atoms with Gasteiger partial charge in [0.2, 0.25) is 0 Å². The van der Waals surface area contributed by atoms with Gasteiger partial charge in [0.05, 0.1) is 12.3 Å². The largest absolute Gasteiger partial charge is 0.505 e. The molecule has 8 heteroatoms. The molecule has 0 radical (unpaired) electrons. The lowest BCUT2D eigenvalue weighted by Gasteiger charge is -2.09. The number of benzene rings is 2. The van der Waals surface area contributed by atoms with Crippen molar-refractivity contribution in [3.8, 4) is 22.9 Å². The van der Waals surface area contributed by atoms with Crippen molar-refractivity contribution in [3.05, 3.63) is 72.6 Å². The Balaban J connectivity index is 0.00000240. The number of rotatable bonds is 5. The van der Waals surface area contributed by atoms with Crippen LogP contribution in [-0.4, -0.2) is 32.4 Å². The lowest BCUT2D eigenvalue weighted by atomic mass is 10.2. The van der Waals surface area contributed by atoms with Crippen molar-refractivity contribution >= 4 is 29.4 Å². The quantitative estimate of drug-likeness (QED) is 0.486. The standard InChI is InChI=1S/C21H17N3O4.ClH/c1-2-27-21(26)20-19-18(17(25)12-13-22-19)23-24(20)14-8-10-16(11-9-14)28-15-6-4-3-5-7-15;/h3-13,25H,2H2,1H3;1H. The normalized spacial score (nSPS) is 10.4. The van der Waals surface area contributed by atoms with Gasteiger partial charge in [-0.25, -0.2) is 9.48 Å². The van der Waals surface area contributed by atoms with Crippen LogP contribution in [0.15, 0.2) is 66.9 Å². The predicted molar refractivity (Wildman–Crippen MR) is 110 cm³/mol. The van der Waals surface area contributed by atoms with Crippen molar-refractivity contribution in [2.24, 2.45) is 0 Å². The highest BCUT2D eigenvalue weighted by Gasteiger charge is 2.23. The van der Waals surface area contributed by atoms with E-state index in [2.05, 4.69) is 10.1 Å². The highest BCUT2D eigenvalue weighted by atomic mass is 35.5. The third kappa shape index (κ3) is 4.00. The smallest absolute Gasteiger partial charge is 0.359 e. The van der Waals surface area contributed by atoms with Crippen LogP contribution in [0.5, 0.6) is 17.2 Å². The van der Waals surface area contributed by atoms with Crippen LogP contribution in [0.25, 0.3) is 16.7 Å². The Morgan fingerprint density at radius 2 is 1.69 bits per heavy atom. The van der Waals surface area contributed by atoms with Crippen LogP contribution >= 0.6 is 12.4 Å². The number of pyridine rings is 1. The van der Waals surface area contributed by atoms with Gasteiger partial charge in [0.15, 0.2) is 11.2 Å². The zero-order chi connectivity index (χ0) is 19.5. The molecule has 0 saturated heterocycles. The molecule has 0 spiro atoms. The monoisotopic (exact) mass is 411 g/mol. The maximum atomic E-state index is 12.5. The van der Waals surface area contributed by atoms with Gasteiger partial charge in [-0.2, -0.15) is 5.10 Å². The Hall–Kier alpha value is -3.58. The predicted octanol–water partition coefficient (Wildman–Crippen LogP) is 4.52. The summed E-state index contributed by atoms with van der Waals surface area (Å²) >= 11 is 0. The average Bonchev–Trinajstić information content (AvgIpc) is 3.11. The number of carbonyl (C=O) groups is 1. The summed E-state index contributed by atoms with van der Waals surface area (Å²) in [4.78, 5) is 16.7. The van der Waals surface area contributed by atoms with Gasteiger partial charge < -0.3 is 14.6 Å². The third-order valence-electron chi connectivity index (χ3n) is 4.07. The molecule has 2 aromatic heterocycles. The Kier molecular flexibility index (Phi) is 5.99. The molecule has 2 aromatic carbocycles. The lowest BCUT2D eigenvalue weighted by molar-refractivity contribution is 0.0518. The second kappa shape index (κ2) is 8.62. The van der Waals surface area contributed by atoms with Gasteiger partial charge in [-0.3, -0.25) is 4.98 Å². The molecule has 0 amide bonds. The van der Waals surface area contributed by atoms with Gasteiger partial charge in [-0.1, -0.05) is 18.2 Å². The molecule has 0 fully saturated rings. The highest BCUT2D eigenvalue weighted by Crippen LogP contribution is 2.28. The Morgan fingerprint density at radius 3 is 2.38 bits per heavy atom. The molecule has 0 saturated carbocycles. The summed E-state index contributed by atoms with van der Waals surface area (Å²) in [5.41, 5.74) is 1.28. The molecule has 1 N–H and O–H groups in total. The molecule has 0 unspecified atom stereocenters. The van der Waals surface area contributed by atoms with Crippen LogP contribution in [0.2, 0.25) is 0 Å². The lowest BCUT2D eigenvalue weighted by Crippen LogP contribution is -2.12. The van der Waals surface area contributed by atoms with Crippen molar-refractivity contribution in [2.75, 3.05) is 6.61 Å². The van der Waals surface area contributed by atoms with Crippen molar-refractivity contribution in [1.82, 2.24) is 14.8 Å². The first-order valence-electron chi connectivity index (χ1n) is 8.74. The van der Waals surface area contributed by atoms with E-state index in [1.165, 1.54) is 16.9 Å². The summed E-state index contributed by atoms with van der Waals surface area (Å²) in [6.45, 7) is 1.94. The van der Waals surface area contributed by atoms with Crippen molar-refractivity contribution in [2.45, 2.75) is 6.92 Å². The molecular formula is C21H18ClN3O4. The zero-order valence-electron chi connectivity index (χ0n) is 15.5. The fourth-order valence-electron chi connectivity index (χ4n) is 2.82. The van der Waals surface area contributed by atoms with Gasteiger partial charge in [-0.05, 0) is 43.3 Å². The Bertz CT molecular complexity index is 1130. The van der Waals surface area contributed by atoms with Gasteiger partial charge in [0, 0.05) is 12.3 Å². The second-order valence-electron chi connectivity index (χ2n) is 5.92. The molecule has 0 aliphatic heterocycles. The first-order valence-corrected chi connectivity index (χ1v) is 8.74. The van der Waals surface area contributed by atoms with E-state index in [1.807, 2.05) is 30.3 Å². The number of aromatic nitrogens is 3. The van der Waals surface area contributed by atoms with Crippen LogP contribution in [-0.2, 0) is 4.74 Å². The SMILES string of the molecule is CCOC(=O)c1c2nccc(O)c2nn1-c1ccc(Oc2ccccc2)cc1.Cl. The Labute approximate surface area is 172 Å². The van der Waals surface area contributed by atoms with Crippen molar-refractivity contribution in [1.29, 1.82) is 0 Å². The molecule has 2 heterocycles. The van der Waals surface area contributed by atoms with E-state index in [9.17, 15) is 9.90 Å². The van der Waals surface area contributed by atoms with Crippen LogP contribution < -0.4 is 4.74 Å². The molecule has 0 aliphatic rings. The molecule has 4 rings (SSSR count). The number of carbonyl (C=O) groups excluding carboxylic acids is 1. The van der Waals surface area contributed by atoms with E-state index in [4.69, 9.17) is 9.47 Å². The van der Waals surface area contributed by atoms with Crippen molar-refractivity contribution in [3.63, 3.8) is 0 Å². The van der Waals surface area contributed by atoms with E-state index >= 15 is 0 Å². The summed E-state index contributed by atoms with van der Waals surface area (Å²) in [5, 5.41) is 14.4. The van der Waals surface area contributed by atoms with E-state index < -0.39 is 5.97 Å². The number of para-hydroxylation sites is 1. The van der Waals surface area contributed by atoms with E-state index in [-0.39, 0.29) is 41.5 Å². The number of hydrogen-bond donors (Lipinski definition) is 1. The maximum Gasteiger partial charge on any atom is 0.359 e. The molecule has 148 valence electrons. The van der Waals surface area contributed by atoms with Gasteiger partial charge >= 0.3 is 5.97 Å². The van der Waals surface area contributed by atoms with Gasteiger partial charge in [-0.15, -0.1) is 12.4 Å². The fraction of sp³-hybridized carbons (Fsp3) is 0.0952. The van der Waals surface area contributed by atoms with Gasteiger partial charge in [0.1, 0.15) is 22.8 Å². The molecular weight excluding hydrogens is 394 g/mol. The fourth-order valence-corrected chi connectivity index (χ4v) is 2.82. The number of nitrogens with zero attached hydrogens (tertiary/aromatic N) is 3. The third-order valence-corrected chi connectivity index (χ3v) is 4.07. The number of hydrogen-bond acceptors (Lipinski definition) is 6. The van der Waals surface area contributed by atoms with Crippen molar-refractivity contribution < 1.29 is 19.4 Å². The summed E-state index contributed by atoms with van der Waals surface area (Å²) in [5.74, 6) is 0.748. The van der Waals surface area contributed by atoms with Gasteiger partial charge in [0.25, 0.3) is 0 Å². The Morgan fingerprint density at radius 1 is 1.00 bits per heavy atom. The first kappa shape index (κ1) is 20.2.